The largest absolute Gasteiger partial charge is 0.327 e. The van der Waals surface area contributed by atoms with Gasteiger partial charge >= 0.3 is 0 Å². The lowest BCUT2D eigenvalue weighted by molar-refractivity contribution is 0.331. The lowest BCUT2D eigenvalue weighted by atomic mass is 9.87. The van der Waals surface area contributed by atoms with Crippen molar-refractivity contribution in [2.24, 2.45) is 11.7 Å². The summed E-state index contributed by atoms with van der Waals surface area (Å²) >= 11 is 0. The molecule has 0 aromatic rings. The molecule has 1 heteroatoms. The molecule has 0 heterocycles. The second-order valence-corrected chi connectivity index (χ2v) is 3.63. The summed E-state index contributed by atoms with van der Waals surface area (Å²) in [5.41, 5.74) is 5.78. The van der Waals surface area contributed by atoms with Gasteiger partial charge in [0, 0.05) is 6.04 Å². The summed E-state index contributed by atoms with van der Waals surface area (Å²) in [5.74, 6) is 0.781. The Hall–Kier alpha value is -0.0400. The molecular weight excluding hydrogens is 134 g/mol. The summed E-state index contributed by atoms with van der Waals surface area (Å²) in [6.45, 7) is 6.50. The molecule has 68 valence electrons. The number of rotatable bonds is 0. The van der Waals surface area contributed by atoms with Crippen LogP contribution in [0.3, 0.4) is 0 Å². The molecule has 1 saturated carbocycles. The zero-order chi connectivity index (χ0) is 8.69. The van der Waals surface area contributed by atoms with Gasteiger partial charge in [-0.05, 0) is 18.8 Å². The first kappa shape index (κ1) is 11.0. The molecule has 1 aliphatic rings. The molecule has 0 aromatic heterocycles. The molecule has 11 heavy (non-hydrogen) atoms. The van der Waals surface area contributed by atoms with Crippen LogP contribution in [0, 0.1) is 5.92 Å². The minimum Gasteiger partial charge on any atom is -0.327 e. The van der Waals surface area contributed by atoms with Crippen LogP contribution in [-0.2, 0) is 0 Å². The molecule has 1 aliphatic carbocycles. The van der Waals surface area contributed by atoms with Crippen molar-refractivity contribution in [1.29, 1.82) is 0 Å². The first-order chi connectivity index (χ1) is 5.22. The second-order valence-electron chi connectivity index (χ2n) is 3.63. The Bertz CT molecular complexity index is 70.9. The lowest BCUT2D eigenvalue weighted by Crippen LogP contribution is -2.30. The van der Waals surface area contributed by atoms with Crippen molar-refractivity contribution in [3.8, 4) is 0 Å². The molecule has 2 unspecified atom stereocenters. The van der Waals surface area contributed by atoms with E-state index in [-0.39, 0.29) is 0 Å². The van der Waals surface area contributed by atoms with Gasteiger partial charge in [-0.3, -0.25) is 0 Å². The maximum atomic E-state index is 5.78. The van der Waals surface area contributed by atoms with Gasteiger partial charge in [0.25, 0.3) is 0 Å². The molecule has 0 aromatic carbocycles. The normalized spacial score (nSPS) is 30.5. The Labute approximate surface area is 71.4 Å². The summed E-state index contributed by atoms with van der Waals surface area (Å²) in [4.78, 5) is 0. The molecule has 2 atom stereocenters. The first-order valence-corrected chi connectivity index (χ1v) is 4.97. The van der Waals surface area contributed by atoms with E-state index in [1.54, 1.807) is 0 Å². The smallest absolute Gasteiger partial charge is 0.00645 e. The van der Waals surface area contributed by atoms with Crippen molar-refractivity contribution in [3.05, 3.63) is 0 Å². The molecule has 0 aliphatic heterocycles. The Balaban J connectivity index is 0.000000292. The topological polar surface area (TPSA) is 26.0 Å². The van der Waals surface area contributed by atoms with Crippen LogP contribution in [0.25, 0.3) is 0 Å². The highest BCUT2D eigenvalue weighted by molar-refractivity contribution is 4.73. The van der Waals surface area contributed by atoms with Crippen molar-refractivity contribution in [1.82, 2.24) is 0 Å². The molecule has 0 radical (unpaired) electrons. The molecule has 0 bridgehead atoms. The fraction of sp³-hybridized carbons (Fsp3) is 1.00. The van der Waals surface area contributed by atoms with Gasteiger partial charge < -0.3 is 5.73 Å². The highest BCUT2D eigenvalue weighted by Gasteiger charge is 2.15. The van der Waals surface area contributed by atoms with Crippen molar-refractivity contribution in [3.63, 3.8) is 0 Å². The highest BCUT2D eigenvalue weighted by atomic mass is 14.6. The van der Waals surface area contributed by atoms with Gasteiger partial charge in [0.1, 0.15) is 0 Å². The first-order valence-electron chi connectivity index (χ1n) is 4.97. The third-order valence-corrected chi connectivity index (χ3v) is 2.18. The maximum Gasteiger partial charge on any atom is 0.00645 e. The third kappa shape index (κ3) is 5.25. The van der Waals surface area contributed by atoms with E-state index in [2.05, 4.69) is 20.8 Å². The molecule has 2 N–H and O–H groups in total. The monoisotopic (exact) mass is 157 g/mol. The standard InChI is InChI=1S/C7H15N.C3H8/c1-6-4-2-3-5-7(6)8;1-3-2/h6-7H,2-5,8H2,1H3;3H2,1-2H3. The fourth-order valence-electron chi connectivity index (χ4n) is 1.34. The molecule has 0 amide bonds. The number of hydrogen-bond donors (Lipinski definition) is 1. The molecule has 1 rings (SSSR count). The third-order valence-electron chi connectivity index (χ3n) is 2.18. The predicted octanol–water partition coefficient (Wildman–Crippen LogP) is 2.94. The quantitative estimate of drug-likeness (QED) is 0.575. The minimum absolute atomic E-state index is 0.503. The van der Waals surface area contributed by atoms with Gasteiger partial charge in [0.2, 0.25) is 0 Å². The van der Waals surface area contributed by atoms with E-state index >= 15 is 0 Å². The zero-order valence-corrected chi connectivity index (χ0v) is 8.27. The summed E-state index contributed by atoms with van der Waals surface area (Å²) in [6, 6.07) is 0.503. The summed E-state index contributed by atoms with van der Waals surface area (Å²) in [7, 11) is 0. The van der Waals surface area contributed by atoms with E-state index in [0.29, 0.717) is 6.04 Å². The van der Waals surface area contributed by atoms with Crippen LogP contribution in [0.1, 0.15) is 52.9 Å². The highest BCUT2D eigenvalue weighted by Crippen LogP contribution is 2.21. The SMILES string of the molecule is CC1CCCCC1N.CCC. The van der Waals surface area contributed by atoms with Crippen molar-refractivity contribution >= 4 is 0 Å². The molecule has 0 saturated heterocycles. The summed E-state index contributed by atoms with van der Waals surface area (Å²) < 4.78 is 0. The maximum absolute atomic E-state index is 5.78. The number of hydrogen-bond acceptors (Lipinski definition) is 1. The van der Waals surface area contributed by atoms with Crippen LogP contribution in [0.2, 0.25) is 0 Å². The van der Waals surface area contributed by atoms with Gasteiger partial charge in [-0.15, -0.1) is 0 Å². The number of nitrogens with two attached hydrogens (primary N) is 1. The van der Waals surface area contributed by atoms with Crippen LogP contribution < -0.4 is 5.73 Å². The summed E-state index contributed by atoms with van der Waals surface area (Å²) in [6.07, 6.45) is 6.60. The average Bonchev–Trinajstić information content (AvgIpc) is 1.97. The lowest BCUT2D eigenvalue weighted by Gasteiger charge is -2.24. The van der Waals surface area contributed by atoms with Crippen molar-refractivity contribution < 1.29 is 0 Å². The fourth-order valence-corrected chi connectivity index (χ4v) is 1.34. The van der Waals surface area contributed by atoms with Crippen LogP contribution in [-0.4, -0.2) is 6.04 Å². The van der Waals surface area contributed by atoms with Crippen LogP contribution in [0.15, 0.2) is 0 Å². The van der Waals surface area contributed by atoms with Crippen LogP contribution in [0.4, 0.5) is 0 Å². The van der Waals surface area contributed by atoms with Gasteiger partial charge in [-0.25, -0.2) is 0 Å². The second kappa shape index (κ2) is 6.66. The Morgan fingerprint density at radius 1 is 1.18 bits per heavy atom. The van der Waals surface area contributed by atoms with E-state index in [1.807, 2.05) is 0 Å². The van der Waals surface area contributed by atoms with Gasteiger partial charge in [0.15, 0.2) is 0 Å². The van der Waals surface area contributed by atoms with Gasteiger partial charge in [-0.2, -0.15) is 0 Å². The molecule has 0 spiro atoms. The Morgan fingerprint density at radius 3 is 1.91 bits per heavy atom. The van der Waals surface area contributed by atoms with Gasteiger partial charge in [0.05, 0.1) is 0 Å². The Kier molecular flexibility index (Phi) is 6.63. The minimum atomic E-state index is 0.503. The van der Waals surface area contributed by atoms with Crippen molar-refractivity contribution in [2.45, 2.75) is 58.9 Å². The van der Waals surface area contributed by atoms with E-state index in [9.17, 15) is 0 Å². The van der Waals surface area contributed by atoms with E-state index in [4.69, 9.17) is 5.73 Å². The molecular formula is C10H23N. The van der Waals surface area contributed by atoms with Crippen LogP contribution in [0.5, 0.6) is 0 Å². The summed E-state index contributed by atoms with van der Waals surface area (Å²) in [5, 5.41) is 0. The predicted molar refractivity (Wildman–Crippen MR) is 51.6 cm³/mol. The van der Waals surface area contributed by atoms with E-state index < -0.39 is 0 Å². The van der Waals surface area contributed by atoms with Crippen LogP contribution >= 0.6 is 0 Å². The molecule has 1 nitrogen and oxygen atoms in total. The van der Waals surface area contributed by atoms with E-state index in [1.165, 1.54) is 32.1 Å². The van der Waals surface area contributed by atoms with Gasteiger partial charge in [-0.1, -0.05) is 40.0 Å². The zero-order valence-electron chi connectivity index (χ0n) is 8.27. The molecule has 1 fully saturated rings. The average molecular weight is 157 g/mol. The Morgan fingerprint density at radius 2 is 1.64 bits per heavy atom. The van der Waals surface area contributed by atoms with E-state index in [0.717, 1.165) is 5.92 Å². The van der Waals surface area contributed by atoms with Crippen molar-refractivity contribution in [2.75, 3.05) is 0 Å².